The fourth-order valence-corrected chi connectivity index (χ4v) is 6.77. The van der Waals surface area contributed by atoms with Crippen LogP contribution < -0.4 is 0 Å². The van der Waals surface area contributed by atoms with Gasteiger partial charge in [0.05, 0.1) is 0 Å². The zero-order valence-corrected chi connectivity index (χ0v) is 25.6. The lowest BCUT2D eigenvalue weighted by molar-refractivity contribution is 0.668. The maximum absolute atomic E-state index is 6.42. The molecule has 3 aromatic heterocycles. The minimum absolute atomic E-state index is 0.572. The van der Waals surface area contributed by atoms with Crippen LogP contribution in [0.1, 0.15) is 0 Å². The number of furan rings is 2. The van der Waals surface area contributed by atoms with Crippen LogP contribution in [0.5, 0.6) is 0 Å². The Kier molecular flexibility index (Phi) is 5.81. The Morgan fingerprint density at radius 3 is 1.92 bits per heavy atom. The highest BCUT2D eigenvalue weighted by Gasteiger charge is 2.18. The molecule has 0 spiro atoms. The molecule has 0 radical (unpaired) electrons. The van der Waals surface area contributed by atoms with Gasteiger partial charge in [-0.05, 0) is 64.4 Å². The van der Waals surface area contributed by atoms with Gasteiger partial charge in [0.25, 0.3) is 0 Å². The number of hydrogen-bond acceptors (Lipinski definition) is 5. The number of para-hydroxylation sites is 1. The van der Waals surface area contributed by atoms with E-state index in [0.29, 0.717) is 17.5 Å². The quantitative estimate of drug-likeness (QED) is 0.197. The van der Waals surface area contributed by atoms with E-state index in [-0.39, 0.29) is 0 Å². The van der Waals surface area contributed by atoms with Crippen molar-refractivity contribution in [3.8, 4) is 45.3 Å². The first-order valence-corrected chi connectivity index (χ1v) is 15.9. The molecule has 0 aliphatic heterocycles. The molecule has 0 fully saturated rings. The molecular formula is C43H25N3O2. The van der Waals surface area contributed by atoms with Crippen LogP contribution in [0.2, 0.25) is 0 Å². The van der Waals surface area contributed by atoms with E-state index in [2.05, 4.69) is 78.9 Å². The van der Waals surface area contributed by atoms with E-state index in [0.717, 1.165) is 66.1 Å². The summed E-state index contributed by atoms with van der Waals surface area (Å²) in [6.07, 6.45) is 0. The zero-order chi connectivity index (χ0) is 31.6. The third-order valence-electron chi connectivity index (χ3n) is 9.12. The summed E-state index contributed by atoms with van der Waals surface area (Å²) in [6, 6.07) is 51.8. The molecule has 7 aromatic carbocycles. The van der Waals surface area contributed by atoms with Gasteiger partial charge in [-0.15, -0.1) is 0 Å². The molecule has 10 rings (SSSR count). The van der Waals surface area contributed by atoms with Crippen LogP contribution in [0.3, 0.4) is 0 Å². The lowest BCUT2D eigenvalue weighted by Crippen LogP contribution is -2.00. The predicted molar refractivity (Wildman–Crippen MR) is 194 cm³/mol. The van der Waals surface area contributed by atoms with Gasteiger partial charge in [0.15, 0.2) is 17.5 Å². The van der Waals surface area contributed by atoms with E-state index < -0.39 is 0 Å². The average molecular weight is 616 g/mol. The van der Waals surface area contributed by atoms with Crippen molar-refractivity contribution >= 4 is 54.6 Å². The molecule has 0 unspecified atom stereocenters. The first-order chi connectivity index (χ1) is 23.7. The van der Waals surface area contributed by atoms with Crippen LogP contribution in [-0.4, -0.2) is 15.0 Å². The summed E-state index contributed by atoms with van der Waals surface area (Å²) in [5.41, 5.74) is 8.23. The van der Waals surface area contributed by atoms with Gasteiger partial charge in [0.2, 0.25) is 0 Å². The number of nitrogens with zero attached hydrogens (tertiary/aromatic N) is 3. The van der Waals surface area contributed by atoms with E-state index in [1.165, 1.54) is 16.3 Å². The molecule has 0 aliphatic rings. The maximum atomic E-state index is 6.42. The summed E-state index contributed by atoms with van der Waals surface area (Å²) in [4.78, 5) is 15.1. The Hall–Kier alpha value is -6.59. The van der Waals surface area contributed by atoms with E-state index in [4.69, 9.17) is 23.8 Å². The molecule has 0 atom stereocenters. The number of benzene rings is 7. The van der Waals surface area contributed by atoms with Gasteiger partial charge in [-0.1, -0.05) is 109 Å². The van der Waals surface area contributed by atoms with Gasteiger partial charge in [-0.25, -0.2) is 15.0 Å². The molecular weight excluding hydrogens is 590 g/mol. The molecule has 0 N–H and O–H groups in total. The standard InChI is InChI=1S/C43H25N3O2/c1-2-10-27(11-3-1)41-44-42(46-43(45-41)34-14-8-16-38-40(34)33-13-6-7-15-36(33)47-38)31-19-21-32-35-24-30(20-22-37(35)48-39(32)25-31)29-18-17-26-9-4-5-12-28(26)23-29/h1-25H. The van der Waals surface area contributed by atoms with Gasteiger partial charge >= 0.3 is 0 Å². The van der Waals surface area contributed by atoms with E-state index >= 15 is 0 Å². The van der Waals surface area contributed by atoms with E-state index in [1.807, 2.05) is 72.8 Å². The van der Waals surface area contributed by atoms with Crippen molar-refractivity contribution < 1.29 is 8.83 Å². The zero-order valence-electron chi connectivity index (χ0n) is 25.6. The molecule has 0 bridgehead atoms. The van der Waals surface area contributed by atoms with Crippen LogP contribution >= 0.6 is 0 Å². The predicted octanol–water partition coefficient (Wildman–Crippen LogP) is 11.5. The van der Waals surface area contributed by atoms with Crippen LogP contribution in [-0.2, 0) is 0 Å². The Labute approximate surface area is 274 Å². The van der Waals surface area contributed by atoms with E-state index in [1.54, 1.807) is 0 Å². The highest BCUT2D eigenvalue weighted by Crippen LogP contribution is 2.38. The first-order valence-electron chi connectivity index (χ1n) is 15.9. The summed E-state index contributed by atoms with van der Waals surface area (Å²) in [6.45, 7) is 0. The average Bonchev–Trinajstić information content (AvgIpc) is 3.72. The monoisotopic (exact) mass is 615 g/mol. The SMILES string of the molecule is c1ccc(-c2nc(-c3ccc4c(c3)oc3ccc(-c5ccc6ccccc6c5)cc34)nc(-c3cccc4oc5ccccc5c34)n2)cc1. The number of aromatic nitrogens is 3. The van der Waals surface area contributed by atoms with Gasteiger partial charge in [0.1, 0.15) is 22.3 Å². The Bertz CT molecular complexity index is 2850. The third kappa shape index (κ3) is 4.29. The van der Waals surface area contributed by atoms with Crippen molar-refractivity contribution in [3.63, 3.8) is 0 Å². The minimum Gasteiger partial charge on any atom is -0.456 e. The molecule has 5 heteroatoms. The van der Waals surface area contributed by atoms with Crippen LogP contribution in [0, 0.1) is 0 Å². The number of hydrogen-bond donors (Lipinski definition) is 0. The molecule has 0 saturated heterocycles. The Balaban J connectivity index is 1.13. The molecule has 5 nitrogen and oxygen atoms in total. The number of rotatable bonds is 4. The summed E-state index contributed by atoms with van der Waals surface area (Å²) in [7, 11) is 0. The highest BCUT2D eigenvalue weighted by atomic mass is 16.3. The normalized spacial score (nSPS) is 11.8. The number of fused-ring (bicyclic) bond motifs is 7. The second-order valence-corrected chi connectivity index (χ2v) is 12.0. The third-order valence-corrected chi connectivity index (χ3v) is 9.12. The Morgan fingerprint density at radius 1 is 0.333 bits per heavy atom. The van der Waals surface area contributed by atoms with Gasteiger partial charge in [-0.2, -0.15) is 0 Å². The van der Waals surface area contributed by atoms with Crippen LogP contribution in [0.4, 0.5) is 0 Å². The molecule has 0 saturated carbocycles. The van der Waals surface area contributed by atoms with Crippen molar-refractivity contribution in [2.45, 2.75) is 0 Å². The summed E-state index contributed by atoms with van der Waals surface area (Å²) in [5, 5.41) is 6.58. The topological polar surface area (TPSA) is 65.0 Å². The lowest BCUT2D eigenvalue weighted by atomic mass is 9.99. The molecule has 224 valence electrons. The summed E-state index contributed by atoms with van der Waals surface area (Å²) >= 11 is 0. The first kappa shape index (κ1) is 26.6. The second-order valence-electron chi connectivity index (χ2n) is 12.0. The fourth-order valence-electron chi connectivity index (χ4n) is 6.77. The van der Waals surface area contributed by atoms with E-state index in [9.17, 15) is 0 Å². The van der Waals surface area contributed by atoms with Crippen LogP contribution in [0.15, 0.2) is 160 Å². The smallest absolute Gasteiger partial charge is 0.164 e. The molecule has 3 heterocycles. The fraction of sp³-hybridized carbons (Fsp3) is 0. The van der Waals surface area contributed by atoms with Crippen molar-refractivity contribution in [2.75, 3.05) is 0 Å². The van der Waals surface area contributed by atoms with Crippen molar-refractivity contribution in [2.24, 2.45) is 0 Å². The maximum Gasteiger partial charge on any atom is 0.164 e. The van der Waals surface area contributed by atoms with Gasteiger partial charge in [-0.3, -0.25) is 0 Å². The van der Waals surface area contributed by atoms with Crippen molar-refractivity contribution in [1.29, 1.82) is 0 Å². The highest BCUT2D eigenvalue weighted by molar-refractivity contribution is 6.12. The van der Waals surface area contributed by atoms with Gasteiger partial charge < -0.3 is 8.83 Å². The molecule has 10 aromatic rings. The second kappa shape index (κ2) is 10.5. The molecule has 48 heavy (non-hydrogen) atoms. The molecule has 0 amide bonds. The lowest BCUT2D eigenvalue weighted by Gasteiger charge is -2.09. The van der Waals surface area contributed by atoms with Crippen LogP contribution in [0.25, 0.3) is 99.9 Å². The minimum atomic E-state index is 0.572. The largest absolute Gasteiger partial charge is 0.456 e. The Morgan fingerprint density at radius 2 is 1.00 bits per heavy atom. The summed E-state index contributed by atoms with van der Waals surface area (Å²) < 4.78 is 12.6. The van der Waals surface area contributed by atoms with Gasteiger partial charge in [0, 0.05) is 38.2 Å². The molecule has 0 aliphatic carbocycles. The van der Waals surface area contributed by atoms with Crippen molar-refractivity contribution in [1.82, 2.24) is 15.0 Å². The van der Waals surface area contributed by atoms with Crippen molar-refractivity contribution in [3.05, 3.63) is 152 Å². The summed E-state index contributed by atoms with van der Waals surface area (Å²) in [5.74, 6) is 1.76.